The van der Waals surface area contributed by atoms with Gasteiger partial charge < -0.3 is 0 Å². The highest BCUT2D eigenvalue weighted by atomic mass is 35.5. The van der Waals surface area contributed by atoms with Gasteiger partial charge in [-0.25, -0.2) is 9.97 Å². The standard InChI is InChI=1S/C8H7ClN4/c1-5-11-8(13-12-5)6-2-3-10-7(9)4-6/h2-4H,1H3,(H,11,12,13). The monoisotopic (exact) mass is 194 g/mol. The third kappa shape index (κ3) is 1.67. The van der Waals surface area contributed by atoms with Crippen LogP contribution in [-0.2, 0) is 0 Å². The summed E-state index contributed by atoms with van der Waals surface area (Å²) in [6.07, 6.45) is 1.63. The van der Waals surface area contributed by atoms with Gasteiger partial charge in [0.05, 0.1) is 0 Å². The van der Waals surface area contributed by atoms with Gasteiger partial charge in [0, 0.05) is 11.8 Å². The van der Waals surface area contributed by atoms with E-state index in [4.69, 9.17) is 11.6 Å². The zero-order chi connectivity index (χ0) is 9.26. The number of halogens is 1. The first-order valence-electron chi connectivity index (χ1n) is 3.76. The number of pyridine rings is 1. The molecule has 0 spiro atoms. The Bertz CT molecular complexity index is 424. The average molecular weight is 195 g/mol. The highest BCUT2D eigenvalue weighted by molar-refractivity contribution is 6.29. The summed E-state index contributed by atoms with van der Waals surface area (Å²) in [5, 5.41) is 7.17. The van der Waals surface area contributed by atoms with Crippen molar-refractivity contribution in [2.75, 3.05) is 0 Å². The number of aryl methyl sites for hydroxylation is 1. The van der Waals surface area contributed by atoms with Crippen molar-refractivity contribution in [1.82, 2.24) is 20.2 Å². The third-order valence-electron chi connectivity index (χ3n) is 1.60. The van der Waals surface area contributed by atoms with Gasteiger partial charge in [-0.2, -0.15) is 5.10 Å². The summed E-state index contributed by atoms with van der Waals surface area (Å²) in [5.74, 6) is 1.42. The van der Waals surface area contributed by atoms with E-state index >= 15 is 0 Å². The van der Waals surface area contributed by atoms with Gasteiger partial charge in [0.15, 0.2) is 5.82 Å². The van der Waals surface area contributed by atoms with Gasteiger partial charge in [0.1, 0.15) is 11.0 Å². The average Bonchev–Trinajstić information content (AvgIpc) is 2.52. The molecule has 0 aromatic carbocycles. The maximum atomic E-state index is 5.73. The molecule has 0 saturated carbocycles. The quantitative estimate of drug-likeness (QED) is 0.705. The Morgan fingerprint density at radius 2 is 2.31 bits per heavy atom. The largest absolute Gasteiger partial charge is 0.259 e. The predicted octanol–water partition coefficient (Wildman–Crippen LogP) is 1.83. The number of H-pyrrole nitrogens is 1. The zero-order valence-corrected chi connectivity index (χ0v) is 7.71. The van der Waals surface area contributed by atoms with Crippen molar-refractivity contribution in [2.24, 2.45) is 0 Å². The van der Waals surface area contributed by atoms with E-state index in [1.807, 2.05) is 13.0 Å². The van der Waals surface area contributed by atoms with Crippen molar-refractivity contribution in [3.8, 4) is 11.4 Å². The predicted molar refractivity (Wildman–Crippen MR) is 49.4 cm³/mol. The minimum Gasteiger partial charge on any atom is -0.259 e. The Balaban J connectivity index is 2.46. The molecule has 66 valence electrons. The van der Waals surface area contributed by atoms with E-state index in [-0.39, 0.29) is 0 Å². The summed E-state index contributed by atoms with van der Waals surface area (Å²) >= 11 is 5.73. The molecule has 5 heteroatoms. The van der Waals surface area contributed by atoms with E-state index in [2.05, 4.69) is 20.2 Å². The lowest BCUT2D eigenvalue weighted by molar-refractivity contribution is 1.04. The lowest BCUT2D eigenvalue weighted by Crippen LogP contribution is -1.82. The Morgan fingerprint density at radius 1 is 1.46 bits per heavy atom. The van der Waals surface area contributed by atoms with Crippen LogP contribution in [-0.4, -0.2) is 20.2 Å². The summed E-state index contributed by atoms with van der Waals surface area (Å²) in [4.78, 5) is 8.04. The molecule has 0 atom stereocenters. The Kier molecular flexibility index (Phi) is 1.98. The lowest BCUT2D eigenvalue weighted by Gasteiger charge is -1.94. The summed E-state index contributed by atoms with van der Waals surface area (Å²) in [5.41, 5.74) is 0.889. The van der Waals surface area contributed by atoms with Gasteiger partial charge in [-0.1, -0.05) is 11.6 Å². The van der Waals surface area contributed by atoms with Crippen molar-refractivity contribution < 1.29 is 0 Å². The van der Waals surface area contributed by atoms with Gasteiger partial charge in [-0.3, -0.25) is 5.10 Å². The van der Waals surface area contributed by atoms with Crippen LogP contribution in [0, 0.1) is 6.92 Å². The number of aromatic nitrogens is 4. The van der Waals surface area contributed by atoms with Gasteiger partial charge in [-0.15, -0.1) is 0 Å². The molecule has 2 rings (SSSR count). The third-order valence-corrected chi connectivity index (χ3v) is 1.80. The molecule has 0 saturated heterocycles. The fraction of sp³-hybridized carbons (Fsp3) is 0.125. The van der Waals surface area contributed by atoms with E-state index in [9.17, 15) is 0 Å². The summed E-state index contributed by atoms with van der Waals surface area (Å²) in [6.45, 7) is 1.82. The van der Waals surface area contributed by atoms with E-state index < -0.39 is 0 Å². The second-order valence-corrected chi connectivity index (χ2v) is 2.99. The summed E-state index contributed by atoms with van der Waals surface area (Å²) in [7, 11) is 0. The van der Waals surface area contributed by atoms with Crippen molar-refractivity contribution in [3.05, 3.63) is 29.3 Å². The molecule has 0 fully saturated rings. The lowest BCUT2D eigenvalue weighted by atomic mass is 10.2. The van der Waals surface area contributed by atoms with Crippen LogP contribution in [0.15, 0.2) is 18.3 Å². The molecular weight excluding hydrogens is 188 g/mol. The zero-order valence-electron chi connectivity index (χ0n) is 6.95. The number of aromatic amines is 1. The first kappa shape index (κ1) is 8.19. The molecule has 0 radical (unpaired) electrons. The molecule has 0 aliphatic heterocycles. The second-order valence-electron chi connectivity index (χ2n) is 2.60. The molecule has 4 nitrogen and oxygen atoms in total. The van der Waals surface area contributed by atoms with Crippen LogP contribution in [0.2, 0.25) is 5.15 Å². The van der Waals surface area contributed by atoms with E-state index in [1.165, 1.54) is 0 Å². The minimum atomic E-state index is 0.451. The van der Waals surface area contributed by atoms with E-state index in [0.29, 0.717) is 16.8 Å². The van der Waals surface area contributed by atoms with Crippen molar-refractivity contribution >= 4 is 11.6 Å². The molecule has 2 aromatic heterocycles. The Hall–Kier alpha value is -1.42. The Labute approximate surface area is 80.0 Å². The van der Waals surface area contributed by atoms with Crippen molar-refractivity contribution in [3.63, 3.8) is 0 Å². The molecule has 0 amide bonds. The number of hydrogen-bond donors (Lipinski definition) is 1. The van der Waals surface area contributed by atoms with Crippen LogP contribution in [0.3, 0.4) is 0 Å². The van der Waals surface area contributed by atoms with Crippen molar-refractivity contribution in [1.29, 1.82) is 0 Å². The molecule has 0 bridgehead atoms. The highest BCUT2D eigenvalue weighted by Crippen LogP contribution is 2.16. The van der Waals surface area contributed by atoms with Crippen LogP contribution < -0.4 is 0 Å². The number of nitrogens with zero attached hydrogens (tertiary/aromatic N) is 3. The molecular formula is C8H7ClN4. The summed E-state index contributed by atoms with van der Waals surface area (Å²) in [6, 6.07) is 3.56. The van der Waals surface area contributed by atoms with Crippen LogP contribution in [0.4, 0.5) is 0 Å². The number of rotatable bonds is 1. The fourth-order valence-corrected chi connectivity index (χ4v) is 1.20. The molecule has 1 N–H and O–H groups in total. The van der Waals surface area contributed by atoms with Crippen LogP contribution in [0.5, 0.6) is 0 Å². The first-order valence-corrected chi connectivity index (χ1v) is 4.14. The normalized spacial score (nSPS) is 10.3. The first-order chi connectivity index (χ1) is 6.25. The maximum absolute atomic E-state index is 5.73. The van der Waals surface area contributed by atoms with Crippen molar-refractivity contribution in [2.45, 2.75) is 6.92 Å². The Morgan fingerprint density at radius 3 is 2.92 bits per heavy atom. The topological polar surface area (TPSA) is 54.5 Å². The smallest absolute Gasteiger partial charge is 0.155 e. The maximum Gasteiger partial charge on any atom is 0.155 e. The van der Waals surface area contributed by atoms with E-state index in [1.54, 1.807) is 12.3 Å². The highest BCUT2D eigenvalue weighted by Gasteiger charge is 2.02. The molecule has 0 aliphatic rings. The fourth-order valence-electron chi connectivity index (χ4n) is 1.02. The van der Waals surface area contributed by atoms with Gasteiger partial charge in [0.2, 0.25) is 0 Å². The second kappa shape index (κ2) is 3.14. The summed E-state index contributed by atoms with van der Waals surface area (Å²) < 4.78 is 0. The molecule has 0 unspecified atom stereocenters. The molecule has 2 aromatic rings. The SMILES string of the molecule is Cc1n[nH]c(-c2ccnc(Cl)c2)n1. The van der Waals surface area contributed by atoms with Gasteiger partial charge in [-0.05, 0) is 19.1 Å². The number of nitrogens with one attached hydrogen (secondary N) is 1. The van der Waals surface area contributed by atoms with Crippen LogP contribution in [0.1, 0.15) is 5.82 Å². The molecule has 2 heterocycles. The van der Waals surface area contributed by atoms with Gasteiger partial charge >= 0.3 is 0 Å². The van der Waals surface area contributed by atoms with Crippen LogP contribution in [0.25, 0.3) is 11.4 Å². The van der Waals surface area contributed by atoms with E-state index in [0.717, 1.165) is 5.56 Å². The molecule has 0 aliphatic carbocycles. The minimum absolute atomic E-state index is 0.451. The molecule has 13 heavy (non-hydrogen) atoms. The van der Waals surface area contributed by atoms with Gasteiger partial charge in [0.25, 0.3) is 0 Å². The number of hydrogen-bond acceptors (Lipinski definition) is 3. The van der Waals surface area contributed by atoms with Crippen LogP contribution >= 0.6 is 11.6 Å².